The zero-order chi connectivity index (χ0) is 11.4. The van der Waals surface area contributed by atoms with Crippen LogP contribution in [-0.4, -0.2) is 42.8 Å². The molecule has 90 valence electrons. The molecule has 0 saturated carbocycles. The van der Waals surface area contributed by atoms with Crippen LogP contribution in [0.1, 0.15) is 24.6 Å². The highest BCUT2D eigenvalue weighted by Crippen LogP contribution is 2.17. The lowest BCUT2D eigenvalue weighted by Gasteiger charge is -2.31. The number of rotatable bonds is 4. The molecular formula is C12H20N2O2. The summed E-state index contributed by atoms with van der Waals surface area (Å²) in [6.07, 6.45) is 3.91. The van der Waals surface area contributed by atoms with Crippen molar-refractivity contribution in [1.29, 1.82) is 0 Å². The zero-order valence-electron chi connectivity index (χ0n) is 9.72. The summed E-state index contributed by atoms with van der Waals surface area (Å²) in [5, 5.41) is 12.8. The first kappa shape index (κ1) is 11.6. The fourth-order valence-corrected chi connectivity index (χ4v) is 2.17. The number of aliphatic hydroxyl groups excluding tert-OH is 1. The molecule has 1 aliphatic heterocycles. The predicted octanol–water partition coefficient (Wildman–Crippen LogP) is 0.997. The van der Waals surface area contributed by atoms with E-state index in [0.29, 0.717) is 6.04 Å². The highest BCUT2D eigenvalue weighted by atomic mass is 16.3. The lowest BCUT2D eigenvalue weighted by Crippen LogP contribution is -2.43. The fraction of sp³-hybridized carbons (Fsp3) is 0.667. The van der Waals surface area contributed by atoms with E-state index in [1.54, 1.807) is 6.26 Å². The molecule has 1 atom stereocenters. The van der Waals surface area contributed by atoms with Crippen molar-refractivity contribution in [2.24, 2.45) is 0 Å². The third-order valence-corrected chi connectivity index (χ3v) is 3.22. The Hall–Kier alpha value is -0.840. The second-order valence-electron chi connectivity index (χ2n) is 4.49. The molecule has 2 N–H and O–H groups in total. The molecule has 1 aromatic rings. The van der Waals surface area contributed by atoms with E-state index in [-0.39, 0.29) is 12.6 Å². The Kier molecular flexibility index (Phi) is 3.98. The van der Waals surface area contributed by atoms with Gasteiger partial charge in [0, 0.05) is 6.04 Å². The largest absolute Gasteiger partial charge is 0.468 e. The standard InChI is InChI=1S/C12H20N2O2/c1-14-6-4-10(5-7-14)13-11(9-15)12-3-2-8-16-12/h2-3,8,10-11,13,15H,4-7,9H2,1H3. The number of hydrogen-bond acceptors (Lipinski definition) is 4. The van der Waals surface area contributed by atoms with E-state index in [0.717, 1.165) is 31.7 Å². The average Bonchev–Trinajstić information content (AvgIpc) is 2.82. The number of piperidine rings is 1. The molecule has 2 rings (SSSR count). The third-order valence-electron chi connectivity index (χ3n) is 3.22. The maximum absolute atomic E-state index is 9.35. The van der Waals surface area contributed by atoms with Gasteiger partial charge in [0.15, 0.2) is 0 Å². The van der Waals surface area contributed by atoms with Crippen LogP contribution in [-0.2, 0) is 0 Å². The fourth-order valence-electron chi connectivity index (χ4n) is 2.17. The van der Waals surface area contributed by atoms with Crippen molar-refractivity contribution in [3.05, 3.63) is 24.2 Å². The summed E-state index contributed by atoms with van der Waals surface area (Å²) in [5.74, 6) is 0.821. The van der Waals surface area contributed by atoms with Crippen LogP contribution in [0.5, 0.6) is 0 Å². The summed E-state index contributed by atoms with van der Waals surface area (Å²) in [7, 11) is 2.15. The average molecular weight is 224 g/mol. The highest BCUT2D eigenvalue weighted by molar-refractivity contribution is 5.05. The van der Waals surface area contributed by atoms with Gasteiger partial charge in [-0.15, -0.1) is 0 Å². The van der Waals surface area contributed by atoms with Crippen LogP contribution in [0, 0.1) is 0 Å². The van der Waals surface area contributed by atoms with Gasteiger partial charge in [-0.1, -0.05) is 0 Å². The Bertz CT molecular complexity index is 292. The summed E-state index contributed by atoms with van der Waals surface area (Å²) in [6, 6.07) is 4.18. The normalized spacial score (nSPS) is 21.1. The van der Waals surface area contributed by atoms with Crippen LogP contribution < -0.4 is 5.32 Å². The van der Waals surface area contributed by atoms with Crippen LogP contribution >= 0.6 is 0 Å². The van der Waals surface area contributed by atoms with E-state index in [2.05, 4.69) is 17.3 Å². The number of likely N-dealkylation sites (tertiary alicyclic amines) is 1. The zero-order valence-corrected chi connectivity index (χ0v) is 9.72. The van der Waals surface area contributed by atoms with Gasteiger partial charge in [-0.2, -0.15) is 0 Å². The quantitative estimate of drug-likeness (QED) is 0.801. The van der Waals surface area contributed by atoms with Crippen molar-refractivity contribution in [3.8, 4) is 0 Å². The molecule has 1 aliphatic rings. The summed E-state index contributed by atoms with van der Waals surface area (Å²) in [5.41, 5.74) is 0. The van der Waals surface area contributed by atoms with E-state index in [1.807, 2.05) is 12.1 Å². The Morgan fingerprint density at radius 3 is 2.88 bits per heavy atom. The maximum atomic E-state index is 9.35. The minimum Gasteiger partial charge on any atom is -0.468 e. The molecule has 4 heteroatoms. The molecule has 0 amide bonds. The van der Waals surface area contributed by atoms with Gasteiger partial charge < -0.3 is 19.7 Å². The second kappa shape index (κ2) is 5.48. The van der Waals surface area contributed by atoms with Crippen molar-refractivity contribution in [1.82, 2.24) is 10.2 Å². The first-order valence-corrected chi connectivity index (χ1v) is 5.88. The van der Waals surface area contributed by atoms with Crippen molar-refractivity contribution in [3.63, 3.8) is 0 Å². The van der Waals surface area contributed by atoms with Gasteiger partial charge in [0.05, 0.1) is 18.9 Å². The molecule has 0 radical (unpaired) electrons. The Morgan fingerprint density at radius 1 is 1.56 bits per heavy atom. The minimum atomic E-state index is -0.0663. The molecule has 1 aromatic heterocycles. The number of nitrogens with zero attached hydrogens (tertiary/aromatic N) is 1. The summed E-state index contributed by atoms with van der Waals surface area (Å²) in [6.45, 7) is 2.32. The van der Waals surface area contributed by atoms with Crippen molar-refractivity contribution < 1.29 is 9.52 Å². The van der Waals surface area contributed by atoms with Crippen LogP contribution in [0.4, 0.5) is 0 Å². The third kappa shape index (κ3) is 2.84. The van der Waals surface area contributed by atoms with E-state index < -0.39 is 0 Å². The predicted molar refractivity (Wildman–Crippen MR) is 62.2 cm³/mol. The van der Waals surface area contributed by atoms with Gasteiger partial charge in [-0.25, -0.2) is 0 Å². The molecule has 16 heavy (non-hydrogen) atoms. The first-order chi connectivity index (χ1) is 7.79. The lowest BCUT2D eigenvalue weighted by atomic mass is 10.0. The molecule has 1 saturated heterocycles. The van der Waals surface area contributed by atoms with Gasteiger partial charge in [-0.3, -0.25) is 0 Å². The smallest absolute Gasteiger partial charge is 0.123 e. The summed E-state index contributed by atoms with van der Waals surface area (Å²) >= 11 is 0. The molecule has 0 aromatic carbocycles. The van der Waals surface area contributed by atoms with Crippen molar-refractivity contribution >= 4 is 0 Å². The van der Waals surface area contributed by atoms with Gasteiger partial charge in [0.1, 0.15) is 5.76 Å². The van der Waals surface area contributed by atoms with Crippen LogP contribution in [0.2, 0.25) is 0 Å². The van der Waals surface area contributed by atoms with E-state index in [9.17, 15) is 5.11 Å². The SMILES string of the molecule is CN1CCC(NC(CO)c2ccco2)CC1. The monoisotopic (exact) mass is 224 g/mol. The summed E-state index contributed by atoms with van der Waals surface area (Å²) < 4.78 is 5.32. The summed E-state index contributed by atoms with van der Waals surface area (Å²) in [4.78, 5) is 2.33. The molecule has 0 aliphatic carbocycles. The Labute approximate surface area is 96.2 Å². The van der Waals surface area contributed by atoms with Gasteiger partial charge in [0.25, 0.3) is 0 Å². The molecule has 0 bridgehead atoms. The van der Waals surface area contributed by atoms with Gasteiger partial charge >= 0.3 is 0 Å². The molecular weight excluding hydrogens is 204 g/mol. The van der Waals surface area contributed by atoms with E-state index >= 15 is 0 Å². The highest BCUT2D eigenvalue weighted by Gasteiger charge is 2.21. The maximum Gasteiger partial charge on any atom is 0.123 e. The number of nitrogens with one attached hydrogen (secondary N) is 1. The molecule has 2 heterocycles. The van der Waals surface area contributed by atoms with E-state index in [1.165, 1.54) is 0 Å². The lowest BCUT2D eigenvalue weighted by molar-refractivity contribution is 0.179. The first-order valence-electron chi connectivity index (χ1n) is 5.88. The Morgan fingerprint density at radius 2 is 2.31 bits per heavy atom. The molecule has 1 fully saturated rings. The van der Waals surface area contributed by atoms with Crippen LogP contribution in [0.3, 0.4) is 0 Å². The van der Waals surface area contributed by atoms with E-state index in [4.69, 9.17) is 4.42 Å². The second-order valence-corrected chi connectivity index (χ2v) is 4.49. The van der Waals surface area contributed by atoms with Crippen LogP contribution in [0.25, 0.3) is 0 Å². The Balaban J connectivity index is 1.87. The number of furan rings is 1. The van der Waals surface area contributed by atoms with Gasteiger partial charge in [-0.05, 0) is 45.1 Å². The van der Waals surface area contributed by atoms with Crippen LogP contribution in [0.15, 0.2) is 22.8 Å². The van der Waals surface area contributed by atoms with Crippen molar-refractivity contribution in [2.75, 3.05) is 26.7 Å². The minimum absolute atomic E-state index is 0.0663. The van der Waals surface area contributed by atoms with Gasteiger partial charge in [0.2, 0.25) is 0 Å². The molecule has 0 spiro atoms. The molecule has 1 unspecified atom stereocenters. The number of aliphatic hydroxyl groups is 1. The topological polar surface area (TPSA) is 48.6 Å². The van der Waals surface area contributed by atoms with Crippen molar-refractivity contribution in [2.45, 2.75) is 24.9 Å². The number of hydrogen-bond donors (Lipinski definition) is 2. The molecule has 4 nitrogen and oxygen atoms in total.